The molecule has 3 N–H and O–H groups in total. The fourth-order valence-electron chi connectivity index (χ4n) is 4.76. The molecule has 3 aromatic carbocycles. The Balaban J connectivity index is 0.00000417. The zero-order valence-corrected chi connectivity index (χ0v) is 30.3. The van der Waals surface area contributed by atoms with Gasteiger partial charge in [0.1, 0.15) is 11.6 Å². The Morgan fingerprint density at radius 2 is 1.80 bits per heavy atom. The molecule has 0 bridgehead atoms. The van der Waals surface area contributed by atoms with Gasteiger partial charge in [-0.2, -0.15) is 34.6 Å². The summed E-state index contributed by atoms with van der Waals surface area (Å²) in [6, 6.07) is 29.5. The van der Waals surface area contributed by atoms with Crippen molar-refractivity contribution in [2.24, 2.45) is 0 Å². The number of nitrogens with one attached hydrogen (secondary N) is 2. The molecule has 0 saturated carbocycles. The number of hydrogen-bond acceptors (Lipinski definition) is 7. The molecule has 0 aliphatic heterocycles. The van der Waals surface area contributed by atoms with Crippen LogP contribution in [-0.2, 0) is 44.0 Å². The average molecular weight is 724 g/mol. The van der Waals surface area contributed by atoms with Crippen molar-refractivity contribution in [2.45, 2.75) is 41.9 Å². The van der Waals surface area contributed by atoms with Gasteiger partial charge < -0.3 is 10.4 Å². The molecule has 1 radical (unpaired) electrons. The van der Waals surface area contributed by atoms with E-state index in [1.54, 1.807) is 40.3 Å². The Bertz CT molecular complexity index is 2010. The van der Waals surface area contributed by atoms with E-state index in [-0.39, 0.29) is 49.2 Å². The van der Waals surface area contributed by atoms with Crippen molar-refractivity contribution in [3.8, 4) is 22.8 Å². The maximum atomic E-state index is 13.2. The van der Waals surface area contributed by atoms with Crippen molar-refractivity contribution in [3.63, 3.8) is 0 Å². The molecule has 3 aromatic heterocycles. The Labute approximate surface area is 301 Å². The number of hydrogen-bond donors (Lipinski definition) is 3. The molecule has 2 amide bonds. The fraction of sp³-hybridized carbons (Fsp3) is 0.176. The van der Waals surface area contributed by atoms with Gasteiger partial charge in [-0.3, -0.25) is 9.72 Å². The normalized spacial score (nSPS) is 11.3. The number of benzene rings is 3. The van der Waals surface area contributed by atoms with Crippen LogP contribution in [0.3, 0.4) is 0 Å². The van der Waals surface area contributed by atoms with Crippen LogP contribution in [-0.4, -0.2) is 41.8 Å². The number of fused-ring (bicyclic) bond motifs is 1. The number of aromatic hydroxyl groups is 1. The molecule has 9 nitrogen and oxygen atoms in total. The summed E-state index contributed by atoms with van der Waals surface area (Å²) in [7, 11) is 0. The summed E-state index contributed by atoms with van der Waals surface area (Å²) < 4.78 is 3.40. The van der Waals surface area contributed by atoms with Crippen LogP contribution in [0.5, 0.6) is 5.75 Å². The molecule has 0 fully saturated rings. The Kier molecular flexibility index (Phi) is 10.6. The second-order valence-corrected chi connectivity index (χ2v) is 13.5. The Morgan fingerprint density at radius 3 is 2.59 bits per heavy atom. The molecule has 6 rings (SSSR count). The third kappa shape index (κ3) is 7.33. The third-order valence-electron chi connectivity index (χ3n) is 7.41. The summed E-state index contributed by atoms with van der Waals surface area (Å²) in [5.41, 5.74) is 4.95. The first-order chi connectivity index (χ1) is 21.7. The van der Waals surface area contributed by atoms with Crippen molar-refractivity contribution in [3.05, 3.63) is 114 Å². The number of rotatable bonds is 9. The number of phenols is 1. The van der Waals surface area contributed by atoms with Crippen molar-refractivity contribution >= 4 is 41.0 Å². The van der Waals surface area contributed by atoms with Crippen LogP contribution in [0.2, 0.25) is 0 Å². The first-order valence-electron chi connectivity index (χ1n) is 14.3. The smallest absolute Gasteiger partial charge is 0.320 e. The number of aromatic nitrogens is 5. The first-order valence-corrected chi connectivity index (χ1v) is 16.3. The standard InChI is InChI=1S/C34H32N7O2S2.Y/c1-22-10-9-12-24(18-22)41-31(19-29(39-41)34(2,3)44-4)36-33(43)35-20-23-11-5-8-15-28(23)45-25-16-17-30-37-38-32(40(30)21-25)26-13-6-7-14-27(26)42;/h5-9,11-19,21,42H,20H2,1-4H3,(H2,35,36,43);/q-1;. The minimum absolute atomic E-state index is 0. The van der Waals surface area contributed by atoms with Crippen LogP contribution < -0.4 is 10.6 Å². The second-order valence-electron chi connectivity index (χ2n) is 10.9. The minimum Gasteiger partial charge on any atom is -0.507 e. The monoisotopic (exact) mass is 723 g/mol. The molecule has 12 heteroatoms. The SMILES string of the molecule is CSC(C)(C)c1cc(NC(=O)NCc2ccccc2Sc2ccc3nnc(-c4ccccc4O)n3c2)n(-c2cc[c-]c(C)c2)n1.[Y]. The number of carbonyl (C=O) groups is 1. The van der Waals surface area contributed by atoms with Gasteiger partial charge in [0, 0.05) is 61.3 Å². The number of anilines is 1. The number of urea groups is 1. The zero-order chi connectivity index (χ0) is 31.6. The van der Waals surface area contributed by atoms with Gasteiger partial charge in [-0.15, -0.1) is 22.3 Å². The summed E-state index contributed by atoms with van der Waals surface area (Å²) >= 11 is 3.27. The van der Waals surface area contributed by atoms with E-state index in [0.717, 1.165) is 32.3 Å². The molecular formula is C34H32N7O2S2Y-. The molecule has 0 spiro atoms. The maximum Gasteiger partial charge on any atom is 0.320 e. The number of nitrogens with zero attached hydrogens (tertiary/aromatic N) is 5. The fourth-order valence-corrected chi connectivity index (χ4v) is 6.03. The number of para-hydroxylation sites is 1. The van der Waals surface area contributed by atoms with Gasteiger partial charge in [-0.25, -0.2) is 9.48 Å². The van der Waals surface area contributed by atoms with E-state index < -0.39 is 0 Å². The van der Waals surface area contributed by atoms with E-state index in [0.29, 0.717) is 29.4 Å². The molecular weight excluding hydrogens is 691 g/mol. The van der Waals surface area contributed by atoms with Crippen molar-refractivity contribution in [1.29, 1.82) is 0 Å². The largest absolute Gasteiger partial charge is 0.507 e. The quantitative estimate of drug-likeness (QED) is 0.133. The van der Waals surface area contributed by atoms with Crippen LogP contribution in [0.4, 0.5) is 10.6 Å². The van der Waals surface area contributed by atoms with Gasteiger partial charge in [0.2, 0.25) is 0 Å². The summed E-state index contributed by atoms with van der Waals surface area (Å²) in [4.78, 5) is 15.2. The molecule has 0 aliphatic carbocycles. The number of aryl methyl sites for hydroxylation is 1. The number of amides is 2. The van der Waals surface area contributed by atoms with E-state index in [9.17, 15) is 9.90 Å². The molecule has 231 valence electrons. The van der Waals surface area contributed by atoms with Crippen molar-refractivity contribution in [1.82, 2.24) is 29.7 Å². The predicted molar refractivity (Wildman–Crippen MR) is 180 cm³/mol. The van der Waals surface area contributed by atoms with Gasteiger partial charge >= 0.3 is 6.03 Å². The number of pyridine rings is 1. The van der Waals surface area contributed by atoms with Gasteiger partial charge in [0.05, 0.1) is 16.0 Å². The number of carbonyl (C=O) groups excluding carboxylic acids is 1. The van der Waals surface area contributed by atoms with E-state index in [4.69, 9.17) is 5.10 Å². The summed E-state index contributed by atoms with van der Waals surface area (Å²) in [5, 5.41) is 29.8. The molecule has 0 atom stereocenters. The van der Waals surface area contributed by atoms with E-state index in [1.807, 2.05) is 96.6 Å². The van der Waals surface area contributed by atoms with E-state index >= 15 is 0 Å². The van der Waals surface area contributed by atoms with Gasteiger partial charge in [0.25, 0.3) is 0 Å². The number of thioether (sulfide) groups is 1. The van der Waals surface area contributed by atoms with Crippen LogP contribution in [0.1, 0.15) is 30.7 Å². The summed E-state index contributed by atoms with van der Waals surface area (Å²) in [6.45, 7) is 6.52. The van der Waals surface area contributed by atoms with Gasteiger partial charge in [-0.05, 0) is 61.7 Å². The zero-order valence-electron chi connectivity index (χ0n) is 25.9. The topological polar surface area (TPSA) is 109 Å². The summed E-state index contributed by atoms with van der Waals surface area (Å²) in [5.74, 6) is 1.29. The maximum absolute atomic E-state index is 13.2. The van der Waals surface area contributed by atoms with Crippen molar-refractivity contribution < 1.29 is 42.6 Å². The van der Waals surface area contributed by atoms with Gasteiger partial charge in [-0.1, -0.05) is 49.0 Å². The first kappa shape index (κ1) is 33.7. The summed E-state index contributed by atoms with van der Waals surface area (Å²) in [6.07, 6.45) is 4.00. The van der Waals surface area contributed by atoms with Gasteiger partial charge in [0.15, 0.2) is 11.5 Å². The number of phenolic OH excluding ortho intramolecular Hbond substituents is 1. The van der Waals surface area contributed by atoms with Crippen LogP contribution in [0, 0.1) is 13.0 Å². The van der Waals surface area contributed by atoms with Crippen LogP contribution in [0.15, 0.2) is 101 Å². The van der Waals surface area contributed by atoms with Crippen molar-refractivity contribution in [2.75, 3.05) is 11.6 Å². The Hall–Kier alpha value is -3.64. The predicted octanol–water partition coefficient (Wildman–Crippen LogP) is 7.46. The molecule has 0 unspecified atom stereocenters. The Morgan fingerprint density at radius 1 is 1.02 bits per heavy atom. The molecule has 0 saturated heterocycles. The van der Waals surface area contributed by atoms with Crippen LogP contribution >= 0.6 is 23.5 Å². The molecule has 3 heterocycles. The second kappa shape index (κ2) is 14.4. The molecule has 6 aromatic rings. The minimum atomic E-state index is -0.332. The molecule has 46 heavy (non-hydrogen) atoms. The van der Waals surface area contributed by atoms with Crippen LogP contribution in [0.25, 0.3) is 22.7 Å². The molecule has 0 aliphatic rings. The van der Waals surface area contributed by atoms with E-state index in [2.05, 4.69) is 40.7 Å². The third-order valence-corrected chi connectivity index (χ3v) is 9.74. The average Bonchev–Trinajstić information content (AvgIpc) is 3.66. The van der Waals surface area contributed by atoms with E-state index in [1.165, 1.54) is 0 Å².